The van der Waals surface area contributed by atoms with Gasteiger partial charge in [0.25, 0.3) is 5.91 Å². The zero-order valence-electron chi connectivity index (χ0n) is 17.0. The average molecular weight is 401 g/mol. The Labute approximate surface area is 176 Å². The van der Waals surface area contributed by atoms with E-state index in [9.17, 15) is 4.79 Å². The molecule has 1 amide bonds. The Morgan fingerprint density at radius 3 is 2.50 bits per heavy atom. The SMILES string of the molecule is O=C(C[NH+]1CCOCC1)N1N=C(c2ccc3ccccc3c2)C[C@H]1c1ccccc1. The molecule has 0 aliphatic carbocycles. The molecular formula is C25H26N3O2+. The predicted octanol–water partition coefficient (Wildman–Crippen LogP) is 2.43. The molecule has 0 unspecified atom stereocenters. The van der Waals surface area contributed by atoms with Crippen molar-refractivity contribution in [2.45, 2.75) is 12.5 Å². The van der Waals surface area contributed by atoms with E-state index in [1.807, 2.05) is 18.2 Å². The maximum absolute atomic E-state index is 13.2. The van der Waals surface area contributed by atoms with E-state index in [2.05, 4.69) is 54.6 Å². The van der Waals surface area contributed by atoms with Gasteiger partial charge >= 0.3 is 0 Å². The second-order valence-corrected chi connectivity index (χ2v) is 8.02. The topological polar surface area (TPSA) is 46.3 Å². The summed E-state index contributed by atoms with van der Waals surface area (Å²) in [6.45, 7) is 3.64. The maximum Gasteiger partial charge on any atom is 0.298 e. The van der Waals surface area contributed by atoms with E-state index in [1.165, 1.54) is 15.7 Å². The zero-order valence-corrected chi connectivity index (χ0v) is 17.0. The zero-order chi connectivity index (χ0) is 20.3. The van der Waals surface area contributed by atoms with Crippen molar-refractivity contribution in [3.63, 3.8) is 0 Å². The molecule has 0 radical (unpaired) electrons. The van der Waals surface area contributed by atoms with Gasteiger partial charge in [-0.25, -0.2) is 5.01 Å². The molecule has 0 bridgehead atoms. The van der Waals surface area contributed by atoms with Gasteiger partial charge < -0.3 is 9.64 Å². The smallest absolute Gasteiger partial charge is 0.298 e. The number of morpholine rings is 1. The van der Waals surface area contributed by atoms with E-state index in [-0.39, 0.29) is 11.9 Å². The third-order valence-electron chi connectivity index (χ3n) is 6.03. The summed E-state index contributed by atoms with van der Waals surface area (Å²) >= 11 is 0. The highest BCUT2D eigenvalue weighted by Gasteiger charge is 2.35. The van der Waals surface area contributed by atoms with Gasteiger partial charge in [-0.05, 0) is 28.0 Å². The molecule has 1 atom stereocenters. The lowest BCUT2D eigenvalue weighted by Gasteiger charge is -2.27. The molecule has 3 aromatic rings. The maximum atomic E-state index is 13.2. The molecule has 1 saturated heterocycles. The number of hydrogen-bond acceptors (Lipinski definition) is 3. The number of nitrogens with one attached hydrogen (secondary N) is 1. The largest absolute Gasteiger partial charge is 0.370 e. The lowest BCUT2D eigenvalue weighted by atomic mass is 9.97. The summed E-state index contributed by atoms with van der Waals surface area (Å²) in [7, 11) is 0. The van der Waals surface area contributed by atoms with E-state index >= 15 is 0 Å². The van der Waals surface area contributed by atoms with Gasteiger partial charge in [0.05, 0.1) is 25.0 Å². The summed E-state index contributed by atoms with van der Waals surface area (Å²) in [6.07, 6.45) is 0.729. The van der Waals surface area contributed by atoms with E-state index in [0.29, 0.717) is 6.54 Å². The molecule has 0 aromatic heterocycles. The fourth-order valence-electron chi connectivity index (χ4n) is 4.35. The lowest BCUT2D eigenvalue weighted by molar-refractivity contribution is -0.900. The van der Waals surface area contributed by atoms with Gasteiger partial charge in [0, 0.05) is 6.42 Å². The Morgan fingerprint density at radius 2 is 1.70 bits per heavy atom. The van der Waals surface area contributed by atoms with E-state index < -0.39 is 0 Å². The van der Waals surface area contributed by atoms with Crippen molar-refractivity contribution >= 4 is 22.4 Å². The van der Waals surface area contributed by atoms with Crippen LogP contribution in [0.3, 0.4) is 0 Å². The van der Waals surface area contributed by atoms with Gasteiger partial charge in [-0.15, -0.1) is 0 Å². The number of carbonyl (C=O) groups is 1. The molecule has 0 spiro atoms. The average Bonchev–Trinajstić information content (AvgIpc) is 3.26. The number of hydrogen-bond donors (Lipinski definition) is 1. The highest BCUT2D eigenvalue weighted by Crippen LogP contribution is 2.33. The van der Waals surface area contributed by atoms with Gasteiger partial charge in [-0.1, -0.05) is 66.7 Å². The molecule has 1 fully saturated rings. The van der Waals surface area contributed by atoms with Crippen LogP contribution in [-0.4, -0.2) is 49.5 Å². The third-order valence-corrected chi connectivity index (χ3v) is 6.03. The molecule has 0 saturated carbocycles. The number of hydrazone groups is 1. The lowest BCUT2D eigenvalue weighted by Crippen LogP contribution is -3.15. The predicted molar refractivity (Wildman–Crippen MR) is 118 cm³/mol. The van der Waals surface area contributed by atoms with Crippen molar-refractivity contribution < 1.29 is 14.4 Å². The molecule has 2 heterocycles. The summed E-state index contributed by atoms with van der Waals surface area (Å²) in [5.41, 5.74) is 3.19. The minimum absolute atomic E-state index is 0.0550. The summed E-state index contributed by atoms with van der Waals surface area (Å²) < 4.78 is 5.43. The summed E-state index contributed by atoms with van der Waals surface area (Å²) in [5, 5.41) is 8.97. The molecular weight excluding hydrogens is 374 g/mol. The highest BCUT2D eigenvalue weighted by atomic mass is 16.5. The van der Waals surface area contributed by atoms with Crippen molar-refractivity contribution in [2.75, 3.05) is 32.8 Å². The Morgan fingerprint density at radius 1 is 0.967 bits per heavy atom. The number of nitrogens with zero attached hydrogens (tertiary/aromatic N) is 2. The minimum Gasteiger partial charge on any atom is -0.370 e. The van der Waals surface area contributed by atoms with Crippen LogP contribution in [0, 0.1) is 0 Å². The first-order chi connectivity index (χ1) is 14.8. The first kappa shape index (κ1) is 19.0. The standard InChI is InChI=1S/C25H25N3O2/c29-25(18-27-12-14-30-15-13-27)28-24(20-7-2-1-3-8-20)17-23(26-28)22-11-10-19-6-4-5-9-21(19)16-22/h1-11,16,24H,12-15,17-18H2/p+1/t24-/m0/s1. The Balaban J connectivity index is 1.45. The van der Waals surface area contributed by atoms with Crippen LogP contribution in [-0.2, 0) is 9.53 Å². The van der Waals surface area contributed by atoms with Gasteiger partial charge in [0.1, 0.15) is 13.1 Å². The normalized spacial score (nSPS) is 19.8. The van der Waals surface area contributed by atoms with Crippen LogP contribution in [0.25, 0.3) is 10.8 Å². The number of rotatable bonds is 4. The van der Waals surface area contributed by atoms with Crippen LogP contribution in [0.2, 0.25) is 0 Å². The summed E-state index contributed by atoms with van der Waals surface area (Å²) in [6, 6.07) is 24.9. The second-order valence-electron chi connectivity index (χ2n) is 8.02. The first-order valence-corrected chi connectivity index (χ1v) is 10.6. The monoisotopic (exact) mass is 400 g/mol. The third kappa shape index (κ3) is 3.86. The molecule has 30 heavy (non-hydrogen) atoms. The van der Waals surface area contributed by atoms with Crippen molar-refractivity contribution in [2.24, 2.45) is 5.10 Å². The quantitative estimate of drug-likeness (QED) is 0.731. The summed E-state index contributed by atoms with van der Waals surface area (Å²) in [5.74, 6) is 0.0801. The number of ether oxygens (including phenoxy) is 1. The Kier molecular flexibility index (Phi) is 5.30. The molecule has 5 rings (SSSR count). The van der Waals surface area contributed by atoms with Crippen molar-refractivity contribution in [3.8, 4) is 0 Å². The molecule has 2 aliphatic heterocycles. The van der Waals surface area contributed by atoms with E-state index in [1.54, 1.807) is 5.01 Å². The van der Waals surface area contributed by atoms with E-state index in [0.717, 1.165) is 49.6 Å². The molecule has 5 heteroatoms. The number of quaternary nitrogens is 1. The fraction of sp³-hybridized carbons (Fsp3) is 0.280. The first-order valence-electron chi connectivity index (χ1n) is 10.6. The van der Waals surface area contributed by atoms with Crippen molar-refractivity contribution in [1.29, 1.82) is 0 Å². The van der Waals surface area contributed by atoms with Crippen LogP contribution >= 0.6 is 0 Å². The van der Waals surface area contributed by atoms with Crippen molar-refractivity contribution in [1.82, 2.24) is 5.01 Å². The number of carbonyl (C=O) groups excluding carboxylic acids is 1. The molecule has 2 aliphatic rings. The van der Waals surface area contributed by atoms with Crippen molar-refractivity contribution in [3.05, 3.63) is 83.9 Å². The minimum atomic E-state index is -0.0550. The highest BCUT2D eigenvalue weighted by molar-refractivity contribution is 6.05. The molecule has 3 aromatic carbocycles. The second kappa shape index (κ2) is 8.38. The van der Waals surface area contributed by atoms with Crippen LogP contribution in [0.15, 0.2) is 77.9 Å². The Bertz CT molecular complexity index is 1070. The molecule has 1 N–H and O–H groups in total. The van der Waals surface area contributed by atoms with Gasteiger partial charge in [0.2, 0.25) is 0 Å². The van der Waals surface area contributed by atoms with Crippen LogP contribution in [0.1, 0.15) is 23.6 Å². The Hall–Kier alpha value is -3.02. The van der Waals surface area contributed by atoms with Gasteiger partial charge in [-0.3, -0.25) is 4.79 Å². The van der Waals surface area contributed by atoms with Crippen LogP contribution in [0.5, 0.6) is 0 Å². The van der Waals surface area contributed by atoms with Gasteiger partial charge in [0.15, 0.2) is 6.54 Å². The van der Waals surface area contributed by atoms with Gasteiger partial charge in [-0.2, -0.15) is 5.10 Å². The van der Waals surface area contributed by atoms with Crippen LogP contribution < -0.4 is 4.90 Å². The number of fused-ring (bicyclic) bond motifs is 1. The number of amides is 1. The molecule has 152 valence electrons. The molecule has 5 nitrogen and oxygen atoms in total. The van der Waals surface area contributed by atoms with Crippen LogP contribution in [0.4, 0.5) is 0 Å². The summed E-state index contributed by atoms with van der Waals surface area (Å²) in [4.78, 5) is 14.5. The van der Waals surface area contributed by atoms with E-state index in [4.69, 9.17) is 9.84 Å². The fourth-order valence-corrected chi connectivity index (χ4v) is 4.35. The number of benzene rings is 3.